The molecule has 0 bridgehead atoms. The number of carbonyl (C=O) groups excluding carboxylic acids is 2. The quantitative estimate of drug-likeness (QED) is 0.287. The van der Waals surface area contributed by atoms with Crippen molar-refractivity contribution >= 4 is 27.5 Å². The van der Waals surface area contributed by atoms with Crippen LogP contribution in [0.15, 0.2) is 77.7 Å². The molecule has 0 spiro atoms. The van der Waals surface area contributed by atoms with Gasteiger partial charge < -0.3 is 19.7 Å². The van der Waals surface area contributed by atoms with Gasteiger partial charge in [0.2, 0.25) is 11.8 Å². The van der Waals surface area contributed by atoms with Gasteiger partial charge in [-0.25, -0.2) is 12.8 Å². The summed E-state index contributed by atoms with van der Waals surface area (Å²) in [5.74, 6) is -0.453. The topological polar surface area (TPSA) is 105 Å². The Kier molecular flexibility index (Phi) is 11.3. The van der Waals surface area contributed by atoms with Gasteiger partial charge in [0.1, 0.15) is 29.9 Å². The molecule has 0 aromatic heterocycles. The third-order valence-electron chi connectivity index (χ3n) is 6.42. The van der Waals surface area contributed by atoms with E-state index in [0.717, 1.165) is 16.4 Å². The second kappa shape index (κ2) is 14.7. The van der Waals surface area contributed by atoms with E-state index in [1.807, 2.05) is 20.8 Å². The summed E-state index contributed by atoms with van der Waals surface area (Å²) in [4.78, 5) is 28.6. The molecule has 0 saturated carbocycles. The number of carbonyl (C=O) groups is 2. The van der Waals surface area contributed by atoms with E-state index in [-0.39, 0.29) is 35.5 Å². The minimum Gasteiger partial charge on any atom is -0.497 e. The first-order chi connectivity index (χ1) is 20.0. The Morgan fingerprint density at radius 2 is 1.62 bits per heavy atom. The summed E-state index contributed by atoms with van der Waals surface area (Å²) < 4.78 is 53.4. The van der Waals surface area contributed by atoms with Crippen LogP contribution in [-0.4, -0.2) is 57.5 Å². The minimum absolute atomic E-state index is 0.0282. The van der Waals surface area contributed by atoms with Gasteiger partial charge in [0.05, 0.1) is 24.3 Å². The van der Waals surface area contributed by atoms with Crippen molar-refractivity contribution in [2.75, 3.05) is 24.6 Å². The van der Waals surface area contributed by atoms with Crippen LogP contribution in [0.1, 0.15) is 39.7 Å². The van der Waals surface area contributed by atoms with Gasteiger partial charge >= 0.3 is 0 Å². The first-order valence-electron chi connectivity index (χ1n) is 13.7. The van der Waals surface area contributed by atoms with Crippen LogP contribution >= 0.6 is 0 Å². The molecule has 3 aromatic carbocycles. The Bertz CT molecular complexity index is 1450. The molecule has 0 aliphatic rings. The number of anilines is 1. The number of nitrogens with zero attached hydrogens (tertiary/aromatic N) is 2. The number of hydrogen-bond donors (Lipinski definition) is 1. The second-order valence-electron chi connectivity index (χ2n) is 9.85. The molecule has 42 heavy (non-hydrogen) atoms. The highest BCUT2D eigenvalue weighted by Crippen LogP contribution is 2.27. The largest absolute Gasteiger partial charge is 0.497 e. The molecule has 3 rings (SSSR count). The summed E-state index contributed by atoms with van der Waals surface area (Å²) in [5, 5.41) is 2.86. The SMILES string of the molecule is CCOc1ccc(S(=O)(=O)N(CC(=O)N(Cc2cccc(OC)c2)[C@H](CC)C(=O)NC(C)C)c2ccc(F)cc2)cc1. The van der Waals surface area contributed by atoms with Gasteiger partial charge in [-0.3, -0.25) is 13.9 Å². The number of ether oxygens (including phenoxy) is 2. The standard InChI is InChI=1S/C31H38FN3O6S/c1-6-29(31(37)33-22(3)4)34(20-23-9-8-10-27(19-23)40-5)30(36)21-35(25-13-11-24(32)12-14-25)42(38,39)28-17-15-26(16-18-28)41-7-2/h8-19,22,29H,6-7,20-21H2,1-5H3,(H,33,37)/t29-/m1/s1. The number of nitrogens with one attached hydrogen (secondary N) is 1. The second-order valence-corrected chi connectivity index (χ2v) is 11.7. The summed E-state index contributed by atoms with van der Waals surface area (Å²) in [5.41, 5.74) is 0.792. The molecule has 0 heterocycles. The van der Waals surface area contributed by atoms with E-state index in [1.54, 1.807) is 31.2 Å². The zero-order valence-corrected chi connectivity index (χ0v) is 25.4. The highest BCUT2D eigenvalue weighted by Gasteiger charge is 2.34. The summed E-state index contributed by atoms with van der Waals surface area (Å²) in [6, 6.07) is 16.7. The van der Waals surface area contributed by atoms with E-state index in [2.05, 4.69) is 5.32 Å². The van der Waals surface area contributed by atoms with E-state index >= 15 is 0 Å². The van der Waals surface area contributed by atoms with Crippen LogP contribution in [0.4, 0.5) is 10.1 Å². The van der Waals surface area contributed by atoms with Crippen molar-refractivity contribution in [3.8, 4) is 11.5 Å². The summed E-state index contributed by atoms with van der Waals surface area (Å²) in [7, 11) is -2.77. The fourth-order valence-electron chi connectivity index (χ4n) is 4.41. The zero-order valence-electron chi connectivity index (χ0n) is 24.5. The van der Waals surface area contributed by atoms with Crippen LogP contribution in [0.3, 0.4) is 0 Å². The van der Waals surface area contributed by atoms with Crippen LogP contribution in [0.5, 0.6) is 11.5 Å². The summed E-state index contributed by atoms with van der Waals surface area (Å²) >= 11 is 0. The lowest BCUT2D eigenvalue weighted by Crippen LogP contribution is -2.53. The summed E-state index contributed by atoms with van der Waals surface area (Å²) in [6.07, 6.45) is 0.288. The molecule has 1 N–H and O–H groups in total. The van der Waals surface area contributed by atoms with Crippen LogP contribution in [0.25, 0.3) is 0 Å². The number of amides is 2. The van der Waals surface area contributed by atoms with Gasteiger partial charge in [-0.2, -0.15) is 0 Å². The average Bonchev–Trinajstić information content (AvgIpc) is 2.96. The molecular formula is C31H38FN3O6S. The van der Waals surface area contributed by atoms with Crippen molar-refractivity contribution in [1.29, 1.82) is 0 Å². The summed E-state index contributed by atoms with van der Waals surface area (Å²) in [6.45, 7) is 7.04. The van der Waals surface area contributed by atoms with Gasteiger partial charge in [-0.1, -0.05) is 19.1 Å². The maximum Gasteiger partial charge on any atom is 0.264 e. The van der Waals surface area contributed by atoms with Gasteiger partial charge in [0.15, 0.2) is 0 Å². The van der Waals surface area contributed by atoms with Crippen molar-refractivity contribution in [2.45, 2.75) is 57.6 Å². The van der Waals surface area contributed by atoms with E-state index in [1.165, 1.54) is 48.4 Å². The molecule has 11 heteroatoms. The average molecular weight is 600 g/mol. The molecule has 226 valence electrons. The molecule has 3 aromatic rings. The predicted molar refractivity (Wildman–Crippen MR) is 159 cm³/mol. The van der Waals surface area contributed by atoms with Crippen LogP contribution in [0, 0.1) is 5.82 Å². The molecular weight excluding hydrogens is 561 g/mol. The molecule has 0 unspecified atom stereocenters. The van der Waals surface area contributed by atoms with Gasteiger partial charge in [-0.05, 0) is 93.4 Å². The fraction of sp³-hybridized carbons (Fsp3) is 0.355. The normalized spacial score (nSPS) is 12.0. The highest BCUT2D eigenvalue weighted by atomic mass is 32.2. The number of methoxy groups -OCH3 is 1. The molecule has 9 nitrogen and oxygen atoms in total. The van der Waals surface area contributed by atoms with E-state index in [4.69, 9.17) is 9.47 Å². The molecule has 0 aliphatic carbocycles. The van der Waals surface area contributed by atoms with Gasteiger partial charge in [0.25, 0.3) is 10.0 Å². The molecule has 0 fully saturated rings. The molecule has 0 aliphatic heterocycles. The van der Waals surface area contributed by atoms with Crippen molar-refractivity contribution in [3.05, 3.63) is 84.2 Å². The van der Waals surface area contributed by atoms with Crippen LogP contribution in [-0.2, 0) is 26.2 Å². The molecule has 0 saturated heterocycles. The van der Waals surface area contributed by atoms with Crippen molar-refractivity contribution in [2.24, 2.45) is 0 Å². The van der Waals surface area contributed by atoms with Crippen LogP contribution < -0.4 is 19.1 Å². The van der Waals surface area contributed by atoms with Crippen molar-refractivity contribution in [3.63, 3.8) is 0 Å². The maximum atomic E-state index is 14.1. The molecule has 2 amide bonds. The maximum absolute atomic E-state index is 14.1. The first kappa shape index (κ1) is 32.4. The first-order valence-corrected chi connectivity index (χ1v) is 15.2. The number of benzene rings is 3. The molecule has 1 atom stereocenters. The Labute approximate surface area is 247 Å². The lowest BCUT2D eigenvalue weighted by atomic mass is 10.1. The minimum atomic E-state index is -4.30. The zero-order chi connectivity index (χ0) is 30.9. The van der Waals surface area contributed by atoms with Crippen molar-refractivity contribution in [1.82, 2.24) is 10.2 Å². The number of rotatable bonds is 14. The van der Waals surface area contributed by atoms with Crippen molar-refractivity contribution < 1.29 is 31.9 Å². The number of hydrogen-bond acceptors (Lipinski definition) is 6. The Balaban J connectivity index is 2.06. The lowest BCUT2D eigenvalue weighted by molar-refractivity contribution is -0.140. The van der Waals surface area contributed by atoms with Gasteiger partial charge in [-0.15, -0.1) is 0 Å². The van der Waals surface area contributed by atoms with E-state index in [0.29, 0.717) is 23.7 Å². The fourth-order valence-corrected chi connectivity index (χ4v) is 5.82. The molecule has 0 radical (unpaired) electrons. The monoisotopic (exact) mass is 599 g/mol. The third kappa shape index (κ3) is 8.22. The third-order valence-corrected chi connectivity index (χ3v) is 8.21. The van der Waals surface area contributed by atoms with E-state index < -0.39 is 34.3 Å². The van der Waals surface area contributed by atoms with Crippen LogP contribution in [0.2, 0.25) is 0 Å². The predicted octanol–water partition coefficient (Wildman–Crippen LogP) is 4.76. The highest BCUT2D eigenvalue weighted by molar-refractivity contribution is 7.92. The number of halogens is 1. The van der Waals surface area contributed by atoms with E-state index in [9.17, 15) is 22.4 Å². The Hall–Kier alpha value is -4.12. The Morgan fingerprint density at radius 3 is 2.19 bits per heavy atom. The number of sulfonamides is 1. The smallest absolute Gasteiger partial charge is 0.264 e. The lowest BCUT2D eigenvalue weighted by Gasteiger charge is -2.33. The Morgan fingerprint density at radius 1 is 0.952 bits per heavy atom. The van der Waals surface area contributed by atoms with Gasteiger partial charge in [0, 0.05) is 12.6 Å².